The van der Waals surface area contributed by atoms with Gasteiger partial charge in [0.2, 0.25) is 0 Å². The number of rotatable bonds is 3. The topological polar surface area (TPSA) is 61.8 Å². The van der Waals surface area contributed by atoms with E-state index in [1.807, 2.05) is 0 Å². The van der Waals surface area contributed by atoms with E-state index in [2.05, 4.69) is 9.88 Å². The molecule has 0 aromatic rings. The standard InChI is InChI=1S/C18H24F2O5/c1-9-13-6-12(7-14(9)22)18(25-20)17-11(4-3-5-15(17)24-19)8-16(13)23-10(2)21/h11-12,15-18H,3-8H2,1-2H3/t11?,12-,15+,16-,17?,18-/m0/s1. The van der Waals surface area contributed by atoms with Crippen molar-refractivity contribution in [2.45, 2.75) is 70.7 Å². The number of ketones is 1. The molecule has 25 heavy (non-hydrogen) atoms. The van der Waals surface area contributed by atoms with Crippen LogP contribution in [0.4, 0.5) is 9.05 Å². The smallest absolute Gasteiger partial charge is 0.303 e. The molecule has 0 heterocycles. The van der Waals surface area contributed by atoms with E-state index in [9.17, 15) is 18.6 Å². The van der Waals surface area contributed by atoms with E-state index in [0.717, 1.165) is 18.4 Å². The summed E-state index contributed by atoms with van der Waals surface area (Å²) in [6, 6.07) is 0. The first-order chi connectivity index (χ1) is 12.0. The van der Waals surface area contributed by atoms with Crippen LogP contribution in [0.1, 0.15) is 52.4 Å². The molecule has 5 nitrogen and oxygen atoms in total. The van der Waals surface area contributed by atoms with Crippen LogP contribution >= 0.6 is 0 Å². The molecule has 3 rings (SSSR count). The molecule has 0 aromatic carbocycles. The van der Waals surface area contributed by atoms with Crippen molar-refractivity contribution in [2.75, 3.05) is 0 Å². The number of carbonyl (C=O) groups excluding carboxylic acids is 2. The zero-order valence-corrected chi connectivity index (χ0v) is 14.5. The minimum atomic E-state index is -0.892. The fourth-order valence-corrected chi connectivity index (χ4v) is 4.99. The Hall–Kier alpha value is -1.34. The third-order valence-electron chi connectivity index (χ3n) is 6.14. The molecule has 6 atom stereocenters. The van der Waals surface area contributed by atoms with Crippen LogP contribution in [0.5, 0.6) is 0 Å². The molecular weight excluding hydrogens is 334 g/mol. The maximum absolute atomic E-state index is 13.5. The van der Waals surface area contributed by atoms with Gasteiger partial charge in [0, 0.05) is 25.2 Å². The van der Waals surface area contributed by atoms with Gasteiger partial charge >= 0.3 is 5.97 Å². The van der Waals surface area contributed by atoms with Gasteiger partial charge in [0.1, 0.15) is 18.3 Å². The second-order valence-corrected chi connectivity index (χ2v) is 7.53. The Morgan fingerprint density at radius 2 is 1.88 bits per heavy atom. The summed E-state index contributed by atoms with van der Waals surface area (Å²) in [6.07, 6.45) is 0.798. The zero-order valence-electron chi connectivity index (χ0n) is 14.5. The lowest BCUT2D eigenvalue weighted by atomic mass is 9.63. The number of carbonyl (C=O) groups is 2. The van der Waals surface area contributed by atoms with Crippen LogP contribution in [0, 0.1) is 17.8 Å². The van der Waals surface area contributed by atoms with E-state index in [-0.39, 0.29) is 18.1 Å². The van der Waals surface area contributed by atoms with Crippen LogP contribution in [-0.4, -0.2) is 30.1 Å². The van der Waals surface area contributed by atoms with Gasteiger partial charge in [-0.2, -0.15) is 9.88 Å². The predicted molar refractivity (Wildman–Crippen MR) is 83.4 cm³/mol. The predicted octanol–water partition coefficient (Wildman–Crippen LogP) is 3.57. The lowest BCUT2D eigenvalue weighted by molar-refractivity contribution is -0.276. The first-order valence-electron chi connectivity index (χ1n) is 8.91. The van der Waals surface area contributed by atoms with Crippen LogP contribution in [0.2, 0.25) is 0 Å². The number of ether oxygens (including phenoxy) is 1. The normalized spacial score (nSPS) is 38.6. The molecule has 3 aliphatic rings. The van der Waals surface area contributed by atoms with E-state index in [1.54, 1.807) is 6.92 Å². The number of esters is 1. The molecule has 2 fully saturated rings. The molecule has 2 unspecified atom stereocenters. The second kappa shape index (κ2) is 7.50. The summed E-state index contributed by atoms with van der Waals surface area (Å²) < 4.78 is 32.1. The van der Waals surface area contributed by atoms with Crippen molar-refractivity contribution in [1.29, 1.82) is 0 Å². The van der Waals surface area contributed by atoms with Gasteiger partial charge in [-0.15, -0.1) is 0 Å². The fraction of sp³-hybridized carbons (Fsp3) is 0.778. The number of Topliss-reactive ketones (excluding diaryl/α,β-unsaturated/α-hetero) is 1. The molecule has 0 spiro atoms. The molecule has 0 radical (unpaired) electrons. The zero-order chi connectivity index (χ0) is 18.1. The summed E-state index contributed by atoms with van der Waals surface area (Å²) in [6.45, 7) is 3.05. The van der Waals surface area contributed by atoms with E-state index in [0.29, 0.717) is 24.8 Å². The number of halogens is 2. The maximum Gasteiger partial charge on any atom is 0.303 e. The molecule has 3 aliphatic carbocycles. The highest BCUT2D eigenvalue weighted by Crippen LogP contribution is 2.48. The van der Waals surface area contributed by atoms with Gasteiger partial charge in [-0.1, -0.05) is 6.42 Å². The molecule has 0 aliphatic heterocycles. The Kier molecular flexibility index (Phi) is 5.53. The highest BCUT2D eigenvalue weighted by molar-refractivity contribution is 5.96. The lowest BCUT2D eigenvalue weighted by Crippen LogP contribution is -2.49. The van der Waals surface area contributed by atoms with E-state index in [1.165, 1.54) is 6.92 Å². The van der Waals surface area contributed by atoms with Gasteiger partial charge in [-0.05, 0) is 58.7 Å². The van der Waals surface area contributed by atoms with Gasteiger partial charge in [-0.3, -0.25) is 9.59 Å². The summed E-state index contributed by atoms with van der Waals surface area (Å²) in [4.78, 5) is 32.4. The average Bonchev–Trinajstić information content (AvgIpc) is 2.57. The monoisotopic (exact) mass is 358 g/mol. The van der Waals surface area contributed by atoms with Crippen molar-refractivity contribution in [3.63, 3.8) is 0 Å². The summed E-state index contributed by atoms with van der Waals surface area (Å²) in [5.41, 5.74) is 1.34. The van der Waals surface area contributed by atoms with Crippen molar-refractivity contribution < 1.29 is 33.3 Å². The molecule has 0 amide bonds. The van der Waals surface area contributed by atoms with Crippen molar-refractivity contribution in [1.82, 2.24) is 0 Å². The third-order valence-corrected chi connectivity index (χ3v) is 6.14. The molecule has 2 bridgehead atoms. The van der Waals surface area contributed by atoms with Gasteiger partial charge in [0.25, 0.3) is 0 Å². The van der Waals surface area contributed by atoms with Gasteiger partial charge in [0.15, 0.2) is 5.78 Å². The van der Waals surface area contributed by atoms with Crippen molar-refractivity contribution >= 4 is 11.8 Å². The number of hydrogen-bond donors (Lipinski definition) is 0. The highest BCUT2D eigenvalue weighted by Gasteiger charge is 2.49. The van der Waals surface area contributed by atoms with Crippen LogP contribution in [0.3, 0.4) is 0 Å². The van der Waals surface area contributed by atoms with Crippen LogP contribution < -0.4 is 0 Å². The Labute approximate surface area is 145 Å². The molecule has 0 saturated heterocycles. The second-order valence-electron chi connectivity index (χ2n) is 7.53. The SMILES string of the molecule is CC(=O)O[C@H]1CC2CCC[C@@H](OF)C2[C@@H](OF)[C@@H]2CC(=O)C(C)=C1C2. The highest BCUT2D eigenvalue weighted by atomic mass is 19.3. The summed E-state index contributed by atoms with van der Waals surface area (Å²) in [5.74, 6) is -1.53. The third kappa shape index (κ3) is 3.49. The quantitative estimate of drug-likeness (QED) is 0.722. The van der Waals surface area contributed by atoms with Crippen molar-refractivity contribution in [3.05, 3.63) is 11.1 Å². The Balaban J connectivity index is 2.02. The number of hydrogen-bond acceptors (Lipinski definition) is 5. The summed E-state index contributed by atoms with van der Waals surface area (Å²) in [5, 5.41) is 0. The largest absolute Gasteiger partial charge is 0.458 e. The fourth-order valence-electron chi connectivity index (χ4n) is 4.99. The summed E-state index contributed by atoms with van der Waals surface area (Å²) in [7, 11) is 0. The van der Waals surface area contributed by atoms with Crippen LogP contribution in [0.15, 0.2) is 11.1 Å². The average molecular weight is 358 g/mol. The molecule has 0 N–H and O–H groups in total. The Morgan fingerprint density at radius 3 is 2.52 bits per heavy atom. The minimum Gasteiger partial charge on any atom is -0.458 e. The van der Waals surface area contributed by atoms with Crippen LogP contribution in [0.25, 0.3) is 0 Å². The number of fused-ring (bicyclic) bond motifs is 3. The molecule has 140 valence electrons. The van der Waals surface area contributed by atoms with Gasteiger partial charge in [0.05, 0.1) is 0 Å². The lowest BCUT2D eigenvalue weighted by Gasteiger charge is -2.46. The maximum atomic E-state index is 13.5. The number of allylic oxidation sites excluding steroid dienone is 1. The molecule has 7 heteroatoms. The van der Waals surface area contributed by atoms with E-state index < -0.39 is 36.1 Å². The van der Waals surface area contributed by atoms with E-state index >= 15 is 0 Å². The Bertz CT molecular complexity index is 576. The Morgan fingerprint density at radius 1 is 1.12 bits per heavy atom. The van der Waals surface area contributed by atoms with Crippen molar-refractivity contribution in [3.8, 4) is 0 Å². The first-order valence-corrected chi connectivity index (χ1v) is 8.91. The van der Waals surface area contributed by atoms with E-state index in [4.69, 9.17) is 4.74 Å². The first kappa shape index (κ1) is 18.5. The van der Waals surface area contributed by atoms with Gasteiger partial charge < -0.3 is 4.74 Å². The summed E-state index contributed by atoms with van der Waals surface area (Å²) >= 11 is 0. The van der Waals surface area contributed by atoms with Gasteiger partial charge in [-0.25, -0.2) is 0 Å². The van der Waals surface area contributed by atoms with Crippen molar-refractivity contribution in [2.24, 2.45) is 17.8 Å². The minimum absolute atomic E-state index is 0.0987. The molecular formula is C18H24F2O5. The van der Waals surface area contributed by atoms with Crippen LogP contribution in [-0.2, 0) is 24.2 Å². The molecule has 2 saturated carbocycles. The molecule has 0 aromatic heterocycles.